The number of hydrogen-bond donors (Lipinski definition) is 0. The van der Waals surface area contributed by atoms with Crippen molar-refractivity contribution in [2.24, 2.45) is 0 Å². The summed E-state index contributed by atoms with van der Waals surface area (Å²) in [6, 6.07) is 10.4. The first-order chi connectivity index (χ1) is 8.59. The van der Waals surface area contributed by atoms with E-state index in [4.69, 9.17) is 4.74 Å². The summed E-state index contributed by atoms with van der Waals surface area (Å²) in [6.45, 7) is 8.73. The molecule has 0 saturated carbocycles. The summed E-state index contributed by atoms with van der Waals surface area (Å²) < 4.78 is 5.91. The van der Waals surface area contributed by atoms with Gasteiger partial charge in [0, 0.05) is 11.6 Å². The van der Waals surface area contributed by atoms with Gasteiger partial charge in [0.25, 0.3) is 0 Å². The smallest absolute Gasteiger partial charge is 0.330 e. The van der Waals surface area contributed by atoms with Crippen molar-refractivity contribution in [3.8, 4) is 0 Å². The fourth-order valence-electron chi connectivity index (χ4n) is 1.80. The summed E-state index contributed by atoms with van der Waals surface area (Å²) in [5, 5.41) is 0. The molecule has 0 heterocycles. The minimum Gasteiger partial charge on any atom is -1.00 e. The molecule has 19 heavy (non-hydrogen) atoms. The van der Waals surface area contributed by atoms with E-state index < -0.39 is 0 Å². The maximum Gasteiger partial charge on any atom is 0.330 e. The van der Waals surface area contributed by atoms with Crippen LogP contribution in [0.4, 0.5) is 0 Å². The lowest BCUT2D eigenvalue weighted by molar-refractivity contribution is -0.921. The molecular formula is C15H22BrNO2. The van der Waals surface area contributed by atoms with Crippen molar-refractivity contribution >= 4 is 5.97 Å². The number of halogens is 1. The molecule has 1 aromatic rings. The van der Waals surface area contributed by atoms with Crippen LogP contribution in [-0.4, -0.2) is 37.2 Å². The Kier molecular flexibility index (Phi) is 8.35. The highest BCUT2D eigenvalue weighted by molar-refractivity contribution is 5.81. The van der Waals surface area contributed by atoms with Gasteiger partial charge in [-0.2, -0.15) is 0 Å². The predicted molar refractivity (Wildman–Crippen MR) is 72.9 cm³/mol. The van der Waals surface area contributed by atoms with Gasteiger partial charge in [0.2, 0.25) is 0 Å². The lowest BCUT2D eigenvalue weighted by Crippen LogP contribution is -3.00. The summed E-state index contributed by atoms with van der Waals surface area (Å²) >= 11 is 0. The molecule has 1 unspecified atom stereocenters. The summed E-state index contributed by atoms with van der Waals surface area (Å²) in [6.07, 6.45) is 1.20. The van der Waals surface area contributed by atoms with Crippen LogP contribution in [0.3, 0.4) is 0 Å². The summed E-state index contributed by atoms with van der Waals surface area (Å²) in [5.74, 6) is -0.350. The molecule has 0 fully saturated rings. The Labute approximate surface area is 126 Å². The molecule has 106 valence electrons. The maximum atomic E-state index is 11.0. The highest BCUT2D eigenvalue weighted by Crippen LogP contribution is 2.11. The van der Waals surface area contributed by atoms with Crippen LogP contribution in [0.15, 0.2) is 43.0 Å². The Bertz CT molecular complexity index is 394. The Morgan fingerprint density at radius 1 is 1.37 bits per heavy atom. The average molecular weight is 328 g/mol. The van der Waals surface area contributed by atoms with Crippen LogP contribution in [-0.2, 0) is 16.1 Å². The number of carbonyl (C=O) groups is 1. The number of esters is 1. The minimum absolute atomic E-state index is 0. The number of rotatable bonds is 7. The van der Waals surface area contributed by atoms with Gasteiger partial charge in [-0.05, 0) is 6.92 Å². The van der Waals surface area contributed by atoms with Crippen molar-refractivity contribution in [2.75, 3.05) is 26.7 Å². The number of ether oxygens (including phenoxy) is 1. The van der Waals surface area contributed by atoms with Crippen LogP contribution < -0.4 is 17.0 Å². The van der Waals surface area contributed by atoms with Crippen LogP contribution in [0.2, 0.25) is 0 Å². The first kappa shape index (κ1) is 17.9. The first-order valence-electron chi connectivity index (χ1n) is 6.26. The number of likely N-dealkylation sites (N-methyl/N-ethyl adjacent to an activating group) is 1. The second-order valence-electron chi connectivity index (χ2n) is 4.67. The normalized spacial score (nSPS) is 12.9. The number of quaternary nitrogens is 1. The third-order valence-electron chi connectivity index (χ3n) is 3.21. The Balaban J connectivity index is 0.00000324. The number of benzene rings is 1. The van der Waals surface area contributed by atoms with E-state index in [0.717, 1.165) is 24.1 Å². The van der Waals surface area contributed by atoms with Gasteiger partial charge in [-0.1, -0.05) is 36.9 Å². The average Bonchev–Trinajstić information content (AvgIpc) is 2.39. The van der Waals surface area contributed by atoms with E-state index in [1.807, 2.05) is 18.2 Å². The molecule has 3 nitrogen and oxygen atoms in total. The maximum absolute atomic E-state index is 11.0. The van der Waals surface area contributed by atoms with E-state index in [1.165, 1.54) is 11.6 Å². The van der Waals surface area contributed by atoms with Gasteiger partial charge in [0.1, 0.15) is 19.7 Å². The SMILES string of the molecule is C=CC(=O)OCC[N+](C)(CC)Cc1ccccc1.[Br-]. The van der Waals surface area contributed by atoms with Crippen LogP contribution >= 0.6 is 0 Å². The molecule has 0 bridgehead atoms. The van der Waals surface area contributed by atoms with Gasteiger partial charge in [-0.3, -0.25) is 0 Å². The Morgan fingerprint density at radius 3 is 2.53 bits per heavy atom. The van der Waals surface area contributed by atoms with Crippen LogP contribution in [0.5, 0.6) is 0 Å². The number of carbonyl (C=O) groups excluding carboxylic acids is 1. The predicted octanol–water partition coefficient (Wildman–Crippen LogP) is -0.614. The van der Waals surface area contributed by atoms with Crippen molar-refractivity contribution in [2.45, 2.75) is 13.5 Å². The van der Waals surface area contributed by atoms with Crippen molar-refractivity contribution in [1.29, 1.82) is 0 Å². The van der Waals surface area contributed by atoms with Gasteiger partial charge in [-0.15, -0.1) is 0 Å². The summed E-state index contributed by atoms with van der Waals surface area (Å²) in [4.78, 5) is 11.0. The van der Waals surface area contributed by atoms with Crippen molar-refractivity contribution in [3.05, 3.63) is 48.6 Å². The van der Waals surface area contributed by atoms with Crippen LogP contribution in [0, 0.1) is 0 Å². The van der Waals surface area contributed by atoms with Crippen LogP contribution in [0.25, 0.3) is 0 Å². The van der Waals surface area contributed by atoms with E-state index in [0.29, 0.717) is 6.61 Å². The Morgan fingerprint density at radius 2 is 2.00 bits per heavy atom. The van der Waals surface area contributed by atoms with E-state index in [-0.39, 0.29) is 23.0 Å². The van der Waals surface area contributed by atoms with Gasteiger partial charge in [0.15, 0.2) is 0 Å². The van der Waals surface area contributed by atoms with Gasteiger partial charge >= 0.3 is 5.97 Å². The fourth-order valence-corrected chi connectivity index (χ4v) is 1.80. The zero-order valence-electron chi connectivity index (χ0n) is 11.6. The third kappa shape index (κ3) is 6.55. The molecule has 0 aliphatic rings. The van der Waals surface area contributed by atoms with Crippen LogP contribution in [0.1, 0.15) is 12.5 Å². The van der Waals surface area contributed by atoms with E-state index in [2.05, 4.69) is 32.7 Å². The molecule has 0 aliphatic carbocycles. The zero-order valence-corrected chi connectivity index (χ0v) is 13.2. The van der Waals surface area contributed by atoms with Crippen molar-refractivity contribution in [1.82, 2.24) is 0 Å². The molecule has 0 saturated heterocycles. The second-order valence-corrected chi connectivity index (χ2v) is 4.67. The molecule has 0 N–H and O–H groups in total. The largest absolute Gasteiger partial charge is 1.00 e. The van der Waals surface area contributed by atoms with Crippen molar-refractivity contribution < 1.29 is 31.0 Å². The molecular weight excluding hydrogens is 306 g/mol. The molecule has 0 aliphatic heterocycles. The van der Waals surface area contributed by atoms with Gasteiger partial charge in [-0.25, -0.2) is 4.79 Å². The summed E-state index contributed by atoms with van der Waals surface area (Å²) in [5.41, 5.74) is 1.30. The molecule has 0 radical (unpaired) electrons. The van der Waals surface area contributed by atoms with E-state index in [1.54, 1.807) is 0 Å². The number of hydrogen-bond acceptors (Lipinski definition) is 2. The second kappa shape index (κ2) is 8.88. The molecule has 1 aromatic carbocycles. The monoisotopic (exact) mass is 327 g/mol. The number of nitrogens with zero attached hydrogens (tertiary/aromatic N) is 1. The lowest BCUT2D eigenvalue weighted by Gasteiger charge is -2.33. The van der Waals surface area contributed by atoms with Gasteiger partial charge in [0.05, 0.1) is 13.6 Å². The molecule has 1 rings (SSSR count). The fraction of sp³-hybridized carbons (Fsp3) is 0.400. The standard InChI is InChI=1S/C15H22NO2.BrH/c1-4-15(17)18-12-11-16(3,5-2)13-14-9-7-6-8-10-14;/h4,6-10H,1,5,11-13H2,2-3H3;1H/q+1;/p-1. The highest BCUT2D eigenvalue weighted by Gasteiger charge is 2.20. The highest BCUT2D eigenvalue weighted by atomic mass is 79.9. The quantitative estimate of drug-likeness (QED) is 0.379. The molecule has 0 spiro atoms. The molecule has 1 atom stereocenters. The van der Waals surface area contributed by atoms with Crippen molar-refractivity contribution in [3.63, 3.8) is 0 Å². The first-order valence-corrected chi connectivity index (χ1v) is 6.26. The zero-order chi connectivity index (χ0) is 13.4. The summed E-state index contributed by atoms with van der Waals surface area (Å²) in [7, 11) is 2.18. The Hall–Kier alpha value is -1.13. The van der Waals surface area contributed by atoms with E-state index >= 15 is 0 Å². The molecule has 4 heteroatoms. The third-order valence-corrected chi connectivity index (χ3v) is 3.21. The van der Waals surface area contributed by atoms with Gasteiger partial charge < -0.3 is 26.2 Å². The molecule has 0 aromatic heterocycles. The lowest BCUT2D eigenvalue weighted by atomic mass is 10.2. The topological polar surface area (TPSA) is 26.3 Å². The van der Waals surface area contributed by atoms with E-state index in [9.17, 15) is 4.79 Å². The minimum atomic E-state index is -0.350. The molecule has 0 amide bonds.